The SMILES string of the molecule is Cc1cccc(NCC2CCCN2C(=O)c2cnnc(-c3ccccc3)c2)n1. The van der Waals surface area contributed by atoms with Crippen molar-refractivity contribution in [3.63, 3.8) is 0 Å². The van der Waals surface area contributed by atoms with Crippen LogP contribution in [0.25, 0.3) is 11.3 Å². The van der Waals surface area contributed by atoms with E-state index in [4.69, 9.17) is 0 Å². The molecule has 4 rings (SSSR count). The molecular formula is C22H23N5O. The summed E-state index contributed by atoms with van der Waals surface area (Å²) in [7, 11) is 0. The van der Waals surface area contributed by atoms with Gasteiger partial charge < -0.3 is 10.2 Å². The molecular weight excluding hydrogens is 350 g/mol. The summed E-state index contributed by atoms with van der Waals surface area (Å²) < 4.78 is 0. The summed E-state index contributed by atoms with van der Waals surface area (Å²) in [5.74, 6) is 0.852. The van der Waals surface area contributed by atoms with Crippen LogP contribution >= 0.6 is 0 Å². The average Bonchev–Trinajstić information content (AvgIpc) is 3.21. The van der Waals surface area contributed by atoms with Crippen LogP contribution in [0.2, 0.25) is 0 Å². The minimum atomic E-state index is 0.00795. The predicted octanol–water partition coefficient (Wildman–Crippen LogP) is 3.56. The minimum Gasteiger partial charge on any atom is -0.368 e. The number of hydrogen-bond donors (Lipinski definition) is 1. The van der Waals surface area contributed by atoms with Gasteiger partial charge in [-0.25, -0.2) is 4.98 Å². The molecule has 1 saturated heterocycles. The van der Waals surface area contributed by atoms with Gasteiger partial charge in [-0.1, -0.05) is 36.4 Å². The van der Waals surface area contributed by atoms with Gasteiger partial charge in [-0.3, -0.25) is 4.79 Å². The van der Waals surface area contributed by atoms with Gasteiger partial charge in [0.25, 0.3) is 5.91 Å². The Hall–Kier alpha value is -3.28. The minimum absolute atomic E-state index is 0.00795. The van der Waals surface area contributed by atoms with Crippen LogP contribution in [0.3, 0.4) is 0 Å². The first kappa shape index (κ1) is 18.1. The fourth-order valence-corrected chi connectivity index (χ4v) is 3.58. The number of benzene rings is 1. The van der Waals surface area contributed by atoms with Gasteiger partial charge in [0, 0.05) is 30.4 Å². The van der Waals surface area contributed by atoms with Gasteiger partial charge in [-0.05, 0) is 38.0 Å². The third kappa shape index (κ3) is 4.01. The molecule has 1 atom stereocenters. The van der Waals surface area contributed by atoms with E-state index in [-0.39, 0.29) is 11.9 Å². The molecule has 142 valence electrons. The second kappa shape index (κ2) is 8.17. The Morgan fingerprint density at radius 2 is 2.04 bits per heavy atom. The number of carbonyl (C=O) groups excluding carboxylic acids is 1. The summed E-state index contributed by atoms with van der Waals surface area (Å²) in [5.41, 5.74) is 3.22. The van der Waals surface area contributed by atoms with Gasteiger partial charge in [0.2, 0.25) is 0 Å². The maximum atomic E-state index is 13.1. The molecule has 1 N–H and O–H groups in total. The van der Waals surface area contributed by atoms with Crippen LogP contribution in [0.4, 0.5) is 5.82 Å². The fraction of sp³-hybridized carbons (Fsp3) is 0.273. The van der Waals surface area contributed by atoms with Crippen molar-refractivity contribution >= 4 is 11.7 Å². The Balaban J connectivity index is 1.48. The fourth-order valence-electron chi connectivity index (χ4n) is 3.58. The van der Waals surface area contributed by atoms with E-state index in [1.54, 1.807) is 6.20 Å². The number of carbonyl (C=O) groups is 1. The number of likely N-dealkylation sites (tertiary alicyclic amines) is 1. The van der Waals surface area contributed by atoms with Crippen LogP contribution < -0.4 is 5.32 Å². The molecule has 0 radical (unpaired) electrons. The molecule has 0 saturated carbocycles. The Bertz CT molecular complexity index is 960. The number of nitrogens with one attached hydrogen (secondary N) is 1. The van der Waals surface area contributed by atoms with Crippen molar-refractivity contribution in [1.29, 1.82) is 0 Å². The van der Waals surface area contributed by atoms with E-state index >= 15 is 0 Å². The number of aromatic nitrogens is 3. The van der Waals surface area contributed by atoms with Crippen LogP contribution in [0.15, 0.2) is 60.8 Å². The van der Waals surface area contributed by atoms with Gasteiger partial charge in [0.15, 0.2) is 0 Å². The topological polar surface area (TPSA) is 71.0 Å². The van der Waals surface area contributed by atoms with Gasteiger partial charge in [-0.2, -0.15) is 10.2 Å². The zero-order valence-electron chi connectivity index (χ0n) is 15.9. The van der Waals surface area contributed by atoms with Crippen molar-refractivity contribution in [3.8, 4) is 11.3 Å². The quantitative estimate of drug-likeness (QED) is 0.740. The van der Waals surface area contributed by atoms with Gasteiger partial charge in [0.1, 0.15) is 5.82 Å². The van der Waals surface area contributed by atoms with Crippen LogP contribution in [0, 0.1) is 6.92 Å². The van der Waals surface area contributed by atoms with E-state index in [9.17, 15) is 4.79 Å². The zero-order chi connectivity index (χ0) is 19.3. The third-order valence-electron chi connectivity index (χ3n) is 5.02. The Labute approximate surface area is 164 Å². The Morgan fingerprint density at radius 1 is 1.18 bits per heavy atom. The van der Waals surface area contributed by atoms with E-state index in [2.05, 4.69) is 20.5 Å². The van der Waals surface area contributed by atoms with Crippen molar-refractivity contribution < 1.29 is 4.79 Å². The molecule has 28 heavy (non-hydrogen) atoms. The Morgan fingerprint density at radius 3 is 2.86 bits per heavy atom. The summed E-state index contributed by atoms with van der Waals surface area (Å²) in [4.78, 5) is 19.5. The van der Waals surface area contributed by atoms with Crippen LogP contribution in [-0.4, -0.2) is 45.1 Å². The van der Waals surface area contributed by atoms with E-state index in [1.807, 2.05) is 66.4 Å². The summed E-state index contributed by atoms with van der Waals surface area (Å²) in [6.07, 6.45) is 3.54. The molecule has 1 aromatic carbocycles. The molecule has 3 heterocycles. The largest absolute Gasteiger partial charge is 0.368 e. The van der Waals surface area contributed by atoms with Gasteiger partial charge >= 0.3 is 0 Å². The average molecular weight is 373 g/mol. The van der Waals surface area contributed by atoms with Crippen molar-refractivity contribution in [3.05, 3.63) is 72.1 Å². The molecule has 0 aliphatic carbocycles. The molecule has 6 heteroatoms. The number of hydrogen-bond acceptors (Lipinski definition) is 5. The molecule has 1 unspecified atom stereocenters. The van der Waals surface area contributed by atoms with Crippen molar-refractivity contribution in [2.45, 2.75) is 25.8 Å². The molecule has 3 aromatic rings. The van der Waals surface area contributed by atoms with E-state index in [1.165, 1.54) is 0 Å². The normalized spacial score (nSPS) is 16.2. The monoisotopic (exact) mass is 373 g/mol. The zero-order valence-corrected chi connectivity index (χ0v) is 15.9. The number of rotatable bonds is 5. The lowest BCUT2D eigenvalue weighted by Crippen LogP contribution is -2.39. The number of aryl methyl sites for hydroxylation is 1. The lowest BCUT2D eigenvalue weighted by atomic mass is 10.1. The first-order valence-corrected chi connectivity index (χ1v) is 9.57. The van der Waals surface area contributed by atoms with Crippen LogP contribution in [0.1, 0.15) is 28.9 Å². The smallest absolute Gasteiger partial charge is 0.255 e. The highest BCUT2D eigenvalue weighted by Crippen LogP contribution is 2.22. The maximum absolute atomic E-state index is 13.1. The molecule has 1 aliphatic rings. The lowest BCUT2D eigenvalue weighted by molar-refractivity contribution is 0.0743. The van der Waals surface area contributed by atoms with Gasteiger partial charge in [-0.15, -0.1) is 0 Å². The summed E-state index contributed by atoms with van der Waals surface area (Å²) in [5, 5.41) is 11.6. The molecule has 1 fully saturated rings. The molecule has 6 nitrogen and oxygen atoms in total. The highest BCUT2D eigenvalue weighted by molar-refractivity contribution is 5.95. The summed E-state index contributed by atoms with van der Waals surface area (Å²) in [6, 6.07) is 17.7. The number of amides is 1. The van der Waals surface area contributed by atoms with Crippen molar-refractivity contribution in [2.75, 3.05) is 18.4 Å². The van der Waals surface area contributed by atoms with Crippen LogP contribution in [0.5, 0.6) is 0 Å². The molecule has 1 amide bonds. The molecule has 0 bridgehead atoms. The lowest BCUT2D eigenvalue weighted by Gasteiger charge is -2.25. The van der Waals surface area contributed by atoms with Crippen molar-refractivity contribution in [2.24, 2.45) is 0 Å². The van der Waals surface area contributed by atoms with E-state index in [0.29, 0.717) is 17.8 Å². The number of nitrogens with zero attached hydrogens (tertiary/aromatic N) is 4. The van der Waals surface area contributed by atoms with Crippen molar-refractivity contribution in [1.82, 2.24) is 20.1 Å². The second-order valence-electron chi connectivity index (χ2n) is 7.04. The summed E-state index contributed by atoms with van der Waals surface area (Å²) >= 11 is 0. The molecule has 1 aliphatic heterocycles. The molecule has 0 spiro atoms. The van der Waals surface area contributed by atoms with Crippen LogP contribution in [-0.2, 0) is 0 Å². The number of pyridine rings is 1. The standard InChI is InChI=1S/C22H23N5O/c1-16-7-5-11-21(25-16)23-15-19-10-6-12-27(19)22(28)18-13-20(26-24-14-18)17-8-3-2-4-9-17/h2-5,7-9,11,13-14,19H,6,10,12,15H2,1H3,(H,23,25). The predicted molar refractivity (Wildman–Crippen MR) is 109 cm³/mol. The number of anilines is 1. The van der Waals surface area contributed by atoms with Gasteiger partial charge in [0.05, 0.1) is 17.5 Å². The summed E-state index contributed by atoms with van der Waals surface area (Å²) in [6.45, 7) is 3.42. The highest BCUT2D eigenvalue weighted by atomic mass is 16.2. The highest BCUT2D eigenvalue weighted by Gasteiger charge is 2.29. The second-order valence-corrected chi connectivity index (χ2v) is 7.04. The van der Waals surface area contributed by atoms with E-state index < -0.39 is 0 Å². The first-order chi connectivity index (χ1) is 13.7. The first-order valence-electron chi connectivity index (χ1n) is 9.57. The third-order valence-corrected chi connectivity index (χ3v) is 5.02. The Kier molecular flexibility index (Phi) is 5.28. The van der Waals surface area contributed by atoms with E-state index in [0.717, 1.165) is 36.5 Å². The molecule has 2 aromatic heterocycles. The maximum Gasteiger partial charge on any atom is 0.255 e.